The van der Waals surface area contributed by atoms with E-state index in [1.807, 2.05) is 17.5 Å². The SMILES string of the molecule is C#CCN(C(=O)OCC(Cl)(Cl)Cl)c1cccc(-c2ccnc3c(C(=O)c4cccs4)cnn23)c1. The van der Waals surface area contributed by atoms with Gasteiger partial charge in [0.1, 0.15) is 6.61 Å². The van der Waals surface area contributed by atoms with Gasteiger partial charge in [0.2, 0.25) is 9.58 Å². The zero-order chi connectivity index (χ0) is 24.3. The number of terminal acetylenes is 1. The Hall–Kier alpha value is -3.09. The fourth-order valence-corrected chi connectivity index (χ4v) is 4.06. The lowest BCUT2D eigenvalue weighted by Gasteiger charge is -2.22. The summed E-state index contributed by atoms with van der Waals surface area (Å²) in [5, 5.41) is 6.22. The molecule has 0 saturated carbocycles. The Morgan fingerprint density at radius 2 is 2.03 bits per heavy atom. The number of nitrogens with zero attached hydrogens (tertiary/aromatic N) is 4. The van der Waals surface area contributed by atoms with Gasteiger partial charge in [-0.15, -0.1) is 17.8 Å². The minimum Gasteiger partial charge on any atom is -0.445 e. The van der Waals surface area contributed by atoms with Crippen LogP contribution in [0.15, 0.2) is 60.2 Å². The lowest BCUT2D eigenvalue weighted by atomic mass is 10.1. The molecule has 0 saturated heterocycles. The molecule has 0 aliphatic heterocycles. The van der Waals surface area contributed by atoms with Crippen LogP contribution in [0, 0.1) is 12.3 Å². The average molecular weight is 534 g/mol. The molecule has 0 aliphatic carbocycles. The molecule has 0 bridgehead atoms. The van der Waals surface area contributed by atoms with E-state index in [0.717, 1.165) is 0 Å². The van der Waals surface area contributed by atoms with E-state index >= 15 is 0 Å². The van der Waals surface area contributed by atoms with Crippen molar-refractivity contribution < 1.29 is 14.3 Å². The second kappa shape index (κ2) is 10.0. The van der Waals surface area contributed by atoms with Crippen molar-refractivity contribution in [1.29, 1.82) is 0 Å². The molecule has 0 N–H and O–H groups in total. The summed E-state index contributed by atoms with van der Waals surface area (Å²) in [7, 11) is 0. The summed E-state index contributed by atoms with van der Waals surface area (Å²) in [5.41, 5.74) is 2.65. The number of fused-ring (bicyclic) bond motifs is 1. The van der Waals surface area contributed by atoms with Gasteiger partial charge in [-0.05, 0) is 29.6 Å². The van der Waals surface area contributed by atoms with Crippen LogP contribution in [0.4, 0.5) is 10.5 Å². The van der Waals surface area contributed by atoms with Crippen LogP contribution in [0.1, 0.15) is 15.2 Å². The van der Waals surface area contributed by atoms with Gasteiger partial charge in [0, 0.05) is 17.4 Å². The van der Waals surface area contributed by atoms with Gasteiger partial charge in [-0.25, -0.2) is 14.3 Å². The van der Waals surface area contributed by atoms with Gasteiger partial charge in [-0.1, -0.05) is 58.9 Å². The first-order chi connectivity index (χ1) is 16.3. The number of rotatable bonds is 6. The zero-order valence-electron chi connectivity index (χ0n) is 17.3. The number of hydrogen-bond acceptors (Lipinski definition) is 6. The monoisotopic (exact) mass is 532 g/mol. The summed E-state index contributed by atoms with van der Waals surface area (Å²) in [6, 6.07) is 12.4. The predicted molar refractivity (Wildman–Crippen MR) is 134 cm³/mol. The summed E-state index contributed by atoms with van der Waals surface area (Å²) in [5.74, 6) is 2.27. The van der Waals surface area contributed by atoms with Gasteiger partial charge in [0.25, 0.3) is 0 Å². The molecule has 4 aromatic rings. The molecule has 0 unspecified atom stereocenters. The van der Waals surface area contributed by atoms with Gasteiger partial charge in [-0.3, -0.25) is 9.69 Å². The van der Waals surface area contributed by atoms with Crippen molar-refractivity contribution in [3.8, 4) is 23.6 Å². The standard InChI is InChI=1S/C23H15Cl3N4O3S/c1-2-10-29(22(32)33-14-23(24,25)26)16-6-3-5-15(12-16)18-8-9-27-21-17(13-28-30(18)21)20(31)19-7-4-11-34-19/h1,3-9,11-13H,10,14H2. The Labute approximate surface area is 213 Å². The largest absolute Gasteiger partial charge is 0.445 e. The number of alkyl halides is 3. The van der Waals surface area contributed by atoms with Crippen molar-refractivity contribution in [2.45, 2.75) is 3.79 Å². The number of carbonyl (C=O) groups excluding carboxylic acids is 2. The third-order valence-corrected chi connectivity index (χ3v) is 5.87. The summed E-state index contributed by atoms with van der Waals surface area (Å²) in [6.07, 6.45) is 7.78. The highest BCUT2D eigenvalue weighted by Gasteiger charge is 2.25. The summed E-state index contributed by atoms with van der Waals surface area (Å²) in [4.78, 5) is 31.7. The van der Waals surface area contributed by atoms with E-state index in [1.165, 1.54) is 22.4 Å². The van der Waals surface area contributed by atoms with Gasteiger partial charge < -0.3 is 4.74 Å². The lowest BCUT2D eigenvalue weighted by molar-refractivity contribution is 0.104. The minimum absolute atomic E-state index is 0.0604. The topological polar surface area (TPSA) is 76.8 Å². The van der Waals surface area contributed by atoms with Gasteiger partial charge >= 0.3 is 6.09 Å². The Balaban J connectivity index is 1.69. The first kappa shape index (κ1) is 24.0. The first-order valence-corrected chi connectivity index (χ1v) is 11.8. The van der Waals surface area contributed by atoms with E-state index in [9.17, 15) is 9.59 Å². The highest BCUT2D eigenvalue weighted by Crippen LogP contribution is 2.29. The van der Waals surface area contributed by atoms with Crippen LogP contribution in [0.25, 0.3) is 16.9 Å². The maximum absolute atomic E-state index is 12.9. The molecule has 1 amide bonds. The number of anilines is 1. The van der Waals surface area contributed by atoms with Crippen molar-refractivity contribution in [2.24, 2.45) is 0 Å². The fourth-order valence-electron chi connectivity index (χ4n) is 3.22. The van der Waals surface area contributed by atoms with Gasteiger partial charge in [0.15, 0.2) is 5.65 Å². The van der Waals surface area contributed by atoms with E-state index in [2.05, 4.69) is 16.0 Å². The molecule has 1 aromatic carbocycles. The molecule has 34 heavy (non-hydrogen) atoms. The zero-order valence-corrected chi connectivity index (χ0v) is 20.4. The second-order valence-corrected chi connectivity index (χ2v) is 10.4. The van der Waals surface area contributed by atoms with Crippen LogP contribution in [0.2, 0.25) is 0 Å². The van der Waals surface area contributed by atoms with Crippen LogP contribution < -0.4 is 4.90 Å². The number of ether oxygens (including phenoxy) is 1. The van der Waals surface area contributed by atoms with Crippen LogP contribution in [-0.2, 0) is 4.74 Å². The van der Waals surface area contributed by atoms with E-state index in [1.54, 1.807) is 41.0 Å². The molecular formula is C23H15Cl3N4O3S. The van der Waals surface area contributed by atoms with Crippen LogP contribution in [0.5, 0.6) is 0 Å². The van der Waals surface area contributed by atoms with Crippen LogP contribution in [-0.4, -0.2) is 43.4 Å². The van der Waals surface area contributed by atoms with Crippen molar-refractivity contribution >= 4 is 69.4 Å². The molecule has 7 nitrogen and oxygen atoms in total. The Bertz CT molecular complexity index is 1390. The number of hydrogen-bond donors (Lipinski definition) is 0. The maximum Gasteiger partial charge on any atom is 0.415 e. The van der Waals surface area contributed by atoms with Crippen molar-refractivity contribution in [1.82, 2.24) is 14.6 Å². The van der Waals surface area contributed by atoms with Crippen molar-refractivity contribution in [3.05, 3.63) is 70.7 Å². The fraction of sp³-hybridized carbons (Fsp3) is 0.130. The van der Waals surface area contributed by atoms with E-state index < -0.39 is 16.5 Å². The lowest BCUT2D eigenvalue weighted by Crippen LogP contribution is -2.34. The number of thiophene rings is 1. The van der Waals surface area contributed by atoms with Gasteiger partial charge in [0.05, 0.1) is 28.9 Å². The number of halogens is 3. The number of ketones is 1. The smallest absolute Gasteiger partial charge is 0.415 e. The number of aromatic nitrogens is 3. The Morgan fingerprint density at radius 1 is 1.21 bits per heavy atom. The minimum atomic E-state index is -1.75. The highest BCUT2D eigenvalue weighted by molar-refractivity contribution is 7.12. The van der Waals surface area contributed by atoms with Crippen LogP contribution >= 0.6 is 46.1 Å². The molecule has 0 radical (unpaired) electrons. The summed E-state index contributed by atoms with van der Waals surface area (Å²) in [6.45, 7) is -0.494. The normalized spacial score (nSPS) is 11.2. The Morgan fingerprint density at radius 3 is 2.74 bits per heavy atom. The molecule has 11 heteroatoms. The third kappa shape index (κ3) is 5.18. The molecular weight excluding hydrogens is 519 g/mol. The molecule has 0 atom stereocenters. The van der Waals surface area contributed by atoms with E-state index in [4.69, 9.17) is 46.0 Å². The summed E-state index contributed by atoms with van der Waals surface area (Å²) >= 11 is 18.4. The second-order valence-electron chi connectivity index (χ2n) is 6.94. The molecule has 172 valence electrons. The Kier molecular flexibility index (Phi) is 7.10. The van der Waals surface area contributed by atoms with Gasteiger partial charge in [-0.2, -0.15) is 5.10 Å². The molecule has 3 heterocycles. The number of amides is 1. The molecule has 0 aliphatic rings. The molecule has 3 aromatic heterocycles. The number of benzene rings is 1. The molecule has 4 rings (SSSR count). The quantitative estimate of drug-likeness (QED) is 0.182. The van der Waals surface area contributed by atoms with Crippen LogP contribution in [0.3, 0.4) is 0 Å². The number of carbonyl (C=O) groups is 2. The highest BCUT2D eigenvalue weighted by atomic mass is 35.6. The van der Waals surface area contributed by atoms with E-state index in [-0.39, 0.29) is 12.3 Å². The van der Waals surface area contributed by atoms with E-state index in [0.29, 0.717) is 33.0 Å². The third-order valence-electron chi connectivity index (χ3n) is 4.67. The molecule has 0 spiro atoms. The summed E-state index contributed by atoms with van der Waals surface area (Å²) < 4.78 is 4.91. The maximum atomic E-state index is 12.9. The predicted octanol–water partition coefficient (Wildman–Crippen LogP) is 5.64. The van der Waals surface area contributed by atoms with Crippen molar-refractivity contribution in [3.63, 3.8) is 0 Å². The first-order valence-electron chi connectivity index (χ1n) is 9.74. The van der Waals surface area contributed by atoms with Crippen molar-refractivity contribution in [2.75, 3.05) is 18.1 Å². The average Bonchev–Trinajstić information content (AvgIpc) is 3.50. The molecule has 0 fully saturated rings.